The first kappa shape index (κ1) is 22.1. The van der Waals surface area contributed by atoms with Crippen LogP contribution in [0.1, 0.15) is 40.2 Å². The van der Waals surface area contributed by atoms with Crippen LogP contribution in [0.25, 0.3) is 11.1 Å². The molecule has 0 aliphatic heterocycles. The maximum atomic E-state index is 12.3. The Bertz CT molecular complexity index is 1170. The number of fused-ring (bicyclic) bond motifs is 3. The third-order valence-electron chi connectivity index (χ3n) is 5.66. The summed E-state index contributed by atoms with van der Waals surface area (Å²) < 4.78 is 6.68. The Morgan fingerprint density at radius 2 is 1.70 bits per heavy atom. The van der Waals surface area contributed by atoms with Crippen LogP contribution in [0, 0.1) is 0 Å². The first-order chi connectivity index (χ1) is 15.8. The zero-order chi connectivity index (χ0) is 23.5. The number of amides is 2. The fourth-order valence-electron chi connectivity index (χ4n) is 4.03. The lowest BCUT2D eigenvalue weighted by molar-refractivity contribution is -0.122. The number of alkyl carbamates (subject to hydrolysis) is 1. The number of rotatable bonds is 7. The van der Waals surface area contributed by atoms with Crippen molar-refractivity contribution in [2.75, 3.05) is 6.61 Å². The molecule has 0 unspecified atom stereocenters. The molecule has 1 atom stereocenters. The highest BCUT2D eigenvalue weighted by Crippen LogP contribution is 2.44. The molecule has 3 aromatic rings. The van der Waals surface area contributed by atoms with Crippen molar-refractivity contribution in [3.8, 4) is 11.1 Å². The molecule has 3 N–H and O–H groups in total. The second-order valence-corrected chi connectivity index (χ2v) is 7.86. The fraction of sp³-hybridized carbons (Fsp3) is 0.250. The zero-order valence-corrected chi connectivity index (χ0v) is 18.2. The molecule has 170 valence electrons. The lowest BCUT2D eigenvalue weighted by Gasteiger charge is -2.17. The monoisotopic (exact) mass is 448 g/mol. The van der Waals surface area contributed by atoms with Crippen molar-refractivity contribution in [1.82, 2.24) is 20.4 Å². The molecule has 0 saturated heterocycles. The Morgan fingerprint density at radius 3 is 2.27 bits per heavy atom. The van der Waals surface area contributed by atoms with Gasteiger partial charge in [0.1, 0.15) is 18.3 Å². The molecule has 1 heterocycles. The van der Waals surface area contributed by atoms with E-state index in [9.17, 15) is 14.4 Å². The van der Waals surface area contributed by atoms with Gasteiger partial charge in [-0.25, -0.2) is 9.59 Å². The number of nitrogens with zero attached hydrogens (tertiary/aromatic N) is 2. The summed E-state index contributed by atoms with van der Waals surface area (Å²) in [5, 5.41) is 18.3. The highest BCUT2D eigenvalue weighted by molar-refractivity contribution is 5.86. The summed E-state index contributed by atoms with van der Waals surface area (Å²) in [6, 6.07) is 16.6. The van der Waals surface area contributed by atoms with Crippen LogP contribution in [-0.4, -0.2) is 45.5 Å². The number of carboxylic acids is 1. The van der Waals surface area contributed by atoms with Crippen LogP contribution in [0.4, 0.5) is 4.79 Å². The molecule has 9 heteroatoms. The number of carbonyl (C=O) groups is 3. The molecule has 2 amide bonds. The molecule has 0 spiro atoms. The van der Waals surface area contributed by atoms with E-state index in [1.807, 2.05) is 36.4 Å². The highest BCUT2D eigenvalue weighted by Gasteiger charge is 2.29. The maximum Gasteiger partial charge on any atom is 0.407 e. The van der Waals surface area contributed by atoms with Gasteiger partial charge in [-0.05, 0) is 35.2 Å². The van der Waals surface area contributed by atoms with Gasteiger partial charge in [-0.2, -0.15) is 5.10 Å². The van der Waals surface area contributed by atoms with E-state index in [4.69, 9.17) is 9.84 Å². The predicted molar refractivity (Wildman–Crippen MR) is 120 cm³/mol. The second-order valence-electron chi connectivity index (χ2n) is 7.86. The van der Waals surface area contributed by atoms with Gasteiger partial charge in [-0.15, -0.1) is 0 Å². The number of aromatic nitrogens is 2. The van der Waals surface area contributed by atoms with Crippen LogP contribution >= 0.6 is 0 Å². The van der Waals surface area contributed by atoms with Gasteiger partial charge in [0.05, 0.1) is 12.2 Å². The molecule has 33 heavy (non-hydrogen) atoms. The normalized spacial score (nSPS) is 13.0. The third-order valence-corrected chi connectivity index (χ3v) is 5.66. The number of aromatic carboxylic acids is 1. The van der Waals surface area contributed by atoms with Crippen LogP contribution in [0.2, 0.25) is 0 Å². The summed E-state index contributed by atoms with van der Waals surface area (Å²) in [5.41, 5.74) is 4.90. The number of benzene rings is 2. The summed E-state index contributed by atoms with van der Waals surface area (Å²) >= 11 is 0. The molecule has 1 aliphatic rings. The quantitative estimate of drug-likeness (QED) is 0.511. The number of hydrogen-bond acceptors (Lipinski definition) is 5. The molecule has 1 aromatic heterocycles. The summed E-state index contributed by atoms with van der Waals surface area (Å²) in [6.07, 6.45) is -0.689. The summed E-state index contributed by atoms with van der Waals surface area (Å²) in [4.78, 5) is 35.8. The second kappa shape index (κ2) is 9.15. The Kier molecular flexibility index (Phi) is 6.12. The number of ether oxygens (including phenoxy) is 1. The van der Waals surface area contributed by atoms with Crippen LogP contribution < -0.4 is 10.6 Å². The first-order valence-electron chi connectivity index (χ1n) is 10.5. The van der Waals surface area contributed by atoms with Crippen molar-refractivity contribution < 1.29 is 24.2 Å². The Morgan fingerprint density at radius 1 is 1.09 bits per heavy atom. The highest BCUT2D eigenvalue weighted by atomic mass is 16.5. The lowest BCUT2D eigenvalue weighted by atomic mass is 9.98. The topological polar surface area (TPSA) is 123 Å². The molecule has 0 saturated carbocycles. The predicted octanol–water partition coefficient (Wildman–Crippen LogP) is 2.66. The van der Waals surface area contributed by atoms with Crippen LogP contribution in [-0.2, 0) is 23.1 Å². The molecule has 0 bridgehead atoms. The van der Waals surface area contributed by atoms with E-state index in [0.29, 0.717) is 5.69 Å². The number of carbonyl (C=O) groups excluding carboxylic acids is 2. The average molecular weight is 448 g/mol. The van der Waals surface area contributed by atoms with Crippen molar-refractivity contribution in [2.45, 2.75) is 25.4 Å². The van der Waals surface area contributed by atoms with Crippen molar-refractivity contribution in [3.05, 3.63) is 77.1 Å². The van der Waals surface area contributed by atoms with E-state index in [-0.39, 0.29) is 24.8 Å². The van der Waals surface area contributed by atoms with Crippen molar-refractivity contribution in [2.24, 2.45) is 7.05 Å². The fourth-order valence-corrected chi connectivity index (χ4v) is 4.03. The molecule has 4 rings (SSSR count). The van der Waals surface area contributed by atoms with Crippen molar-refractivity contribution in [1.29, 1.82) is 0 Å². The van der Waals surface area contributed by atoms with Crippen LogP contribution in [0.5, 0.6) is 0 Å². The average Bonchev–Trinajstić information content (AvgIpc) is 3.33. The van der Waals surface area contributed by atoms with E-state index in [2.05, 4.69) is 27.9 Å². The van der Waals surface area contributed by atoms with E-state index in [0.717, 1.165) is 22.3 Å². The van der Waals surface area contributed by atoms with Crippen LogP contribution in [0.15, 0.2) is 54.6 Å². The van der Waals surface area contributed by atoms with Crippen LogP contribution in [0.3, 0.4) is 0 Å². The molecular formula is C24H24N4O5. The number of nitrogens with one attached hydrogen (secondary N) is 2. The first-order valence-corrected chi connectivity index (χ1v) is 10.5. The Labute approximate surface area is 190 Å². The van der Waals surface area contributed by atoms with Gasteiger partial charge >= 0.3 is 12.1 Å². The van der Waals surface area contributed by atoms with Gasteiger partial charge in [-0.3, -0.25) is 9.48 Å². The maximum absolute atomic E-state index is 12.3. The summed E-state index contributed by atoms with van der Waals surface area (Å²) in [6.45, 7) is 1.73. The molecule has 1 aliphatic carbocycles. The molecule has 2 aromatic carbocycles. The third kappa shape index (κ3) is 4.57. The largest absolute Gasteiger partial charge is 0.477 e. The van der Waals surface area contributed by atoms with Gasteiger partial charge in [0.25, 0.3) is 0 Å². The van der Waals surface area contributed by atoms with Crippen molar-refractivity contribution >= 4 is 18.0 Å². The minimum Gasteiger partial charge on any atom is -0.477 e. The number of aryl methyl sites for hydroxylation is 1. The molecule has 9 nitrogen and oxygen atoms in total. The SMILES string of the molecule is C[C@@H](NC(=O)OCC1c2ccccc2-c2ccccc21)C(=O)NCc1cc(C(=O)O)n(C)n1. The molecule has 0 fully saturated rings. The van der Waals surface area contributed by atoms with E-state index >= 15 is 0 Å². The van der Waals surface area contributed by atoms with Gasteiger partial charge in [-0.1, -0.05) is 48.5 Å². The van der Waals surface area contributed by atoms with Gasteiger partial charge in [0.2, 0.25) is 5.91 Å². The Balaban J connectivity index is 1.30. The number of carboxylic acid groups (broad SMARTS) is 1. The van der Waals surface area contributed by atoms with E-state index < -0.39 is 24.0 Å². The molecule has 0 radical (unpaired) electrons. The lowest BCUT2D eigenvalue weighted by Crippen LogP contribution is -2.45. The van der Waals surface area contributed by atoms with Gasteiger partial charge in [0.15, 0.2) is 0 Å². The minimum absolute atomic E-state index is 0.0176. The van der Waals surface area contributed by atoms with E-state index in [1.54, 1.807) is 0 Å². The van der Waals surface area contributed by atoms with Gasteiger partial charge in [0, 0.05) is 13.0 Å². The number of hydrogen-bond donors (Lipinski definition) is 3. The molecular weight excluding hydrogens is 424 g/mol. The van der Waals surface area contributed by atoms with Crippen molar-refractivity contribution in [3.63, 3.8) is 0 Å². The van der Waals surface area contributed by atoms with E-state index in [1.165, 1.54) is 24.7 Å². The smallest absolute Gasteiger partial charge is 0.407 e. The summed E-state index contributed by atoms with van der Waals surface area (Å²) in [5.74, 6) is -1.61. The summed E-state index contributed by atoms with van der Waals surface area (Å²) in [7, 11) is 1.51. The van der Waals surface area contributed by atoms with Gasteiger partial charge < -0.3 is 20.5 Å². The standard InChI is InChI=1S/C24H24N4O5/c1-14(22(29)25-12-15-11-21(23(30)31)28(2)27-15)26-24(32)33-13-20-18-9-5-3-7-16(18)17-8-4-6-10-19(17)20/h3-11,14,20H,12-13H2,1-2H3,(H,25,29)(H,26,32)(H,30,31)/t14-/m1/s1. The Hall–Kier alpha value is -4.14. The minimum atomic E-state index is -1.10. The zero-order valence-electron chi connectivity index (χ0n) is 18.2.